The summed E-state index contributed by atoms with van der Waals surface area (Å²) in [4.78, 5) is 2.54. The molecule has 0 spiro atoms. The van der Waals surface area contributed by atoms with Crippen LogP contribution in [0, 0.1) is 0 Å². The first-order valence-corrected chi connectivity index (χ1v) is 6.85. The molecule has 18 heavy (non-hydrogen) atoms. The average molecular weight is 248 g/mol. The smallest absolute Gasteiger partial charge is 0.0589 e. The average Bonchev–Trinajstić information content (AvgIpc) is 3.21. The maximum absolute atomic E-state index is 5.68. The van der Waals surface area contributed by atoms with E-state index in [0.29, 0.717) is 0 Å². The first-order chi connectivity index (χ1) is 8.85. The van der Waals surface area contributed by atoms with E-state index in [-0.39, 0.29) is 0 Å². The van der Waals surface area contributed by atoms with Crippen molar-refractivity contribution in [3.8, 4) is 0 Å². The summed E-state index contributed by atoms with van der Waals surface area (Å²) in [7, 11) is 1.77. The Labute approximate surface area is 110 Å². The van der Waals surface area contributed by atoms with Crippen molar-refractivity contribution in [2.24, 2.45) is 5.73 Å². The minimum Gasteiger partial charge on any atom is -0.383 e. The van der Waals surface area contributed by atoms with Crippen molar-refractivity contribution < 1.29 is 4.74 Å². The molecule has 1 fully saturated rings. The molecule has 100 valence electrons. The second kappa shape index (κ2) is 6.88. The summed E-state index contributed by atoms with van der Waals surface area (Å²) in [5.41, 5.74) is 8.49. The number of rotatable bonds is 8. The first-order valence-electron chi connectivity index (χ1n) is 6.85. The van der Waals surface area contributed by atoms with Crippen LogP contribution in [0.3, 0.4) is 0 Å². The van der Waals surface area contributed by atoms with Gasteiger partial charge in [-0.1, -0.05) is 24.3 Å². The van der Waals surface area contributed by atoms with Crippen molar-refractivity contribution in [3.05, 3.63) is 35.4 Å². The van der Waals surface area contributed by atoms with Crippen molar-refractivity contribution in [1.29, 1.82) is 0 Å². The summed E-state index contributed by atoms with van der Waals surface area (Å²) >= 11 is 0. The maximum Gasteiger partial charge on any atom is 0.0589 e. The van der Waals surface area contributed by atoms with E-state index >= 15 is 0 Å². The molecule has 1 aromatic rings. The lowest BCUT2D eigenvalue weighted by molar-refractivity contribution is 0.139. The van der Waals surface area contributed by atoms with Crippen LogP contribution in [0.2, 0.25) is 0 Å². The van der Waals surface area contributed by atoms with Crippen LogP contribution >= 0.6 is 0 Å². The zero-order chi connectivity index (χ0) is 12.8. The van der Waals surface area contributed by atoms with Crippen molar-refractivity contribution in [2.75, 3.05) is 26.8 Å². The quantitative estimate of drug-likeness (QED) is 0.762. The van der Waals surface area contributed by atoms with Gasteiger partial charge in [0.15, 0.2) is 0 Å². The molecule has 0 heterocycles. The lowest BCUT2D eigenvalue weighted by atomic mass is 10.0. The van der Waals surface area contributed by atoms with Crippen molar-refractivity contribution in [1.82, 2.24) is 4.90 Å². The molecular weight excluding hydrogens is 224 g/mol. The molecule has 0 amide bonds. The standard InChI is InChI=1S/C15H24N2O/c1-18-11-10-17(15-6-7-15)12-14-5-3-2-4-13(14)8-9-16/h2-5,15H,6-12,16H2,1H3. The Morgan fingerprint density at radius 3 is 2.61 bits per heavy atom. The Morgan fingerprint density at radius 1 is 1.28 bits per heavy atom. The number of nitrogens with zero attached hydrogens (tertiary/aromatic N) is 1. The van der Waals surface area contributed by atoms with Crippen LogP contribution in [-0.4, -0.2) is 37.7 Å². The van der Waals surface area contributed by atoms with Crippen LogP contribution in [0.25, 0.3) is 0 Å². The Hall–Kier alpha value is -0.900. The fourth-order valence-electron chi connectivity index (χ4n) is 2.37. The van der Waals surface area contributed by atoms with Gasteiger partial charge in [-0.2, -0.15) is 0 Å². The van der Waals surface area contributed by atoms with E-state index in [0.717, 1.165) is 38.7 Å². The molecule has 0 atom stereocenters. The summed E-state index contributed by atoms with van der Waals surface area (Å²) in [5, 5.41) is 0. The van der Waals surface area contributed by atoms with Gasteiger partial charge in [-0.3, -0.25) is 4.90 Å². The Morgan fingerprint density at radius 2 is 2.00 bits per heavy atom. The molecule has 1 saturated carbocycles. The van der Waals surface area contributed by atoms with Crippen LogP contribution < -0.4 is 5.73 Å². The van der Waals surface area contributed by atoms with E-state index in [1.165, 1.54) is 24.0 Å². The fraction of sp³-hybridized carbons (Fsp3) is 0.600. The molecule has 3 nitrogen and oxygen atoms in total. The summed E-state index contributed by atoms with van der Waals surface area (Å²) < 4.78 is 5.20. The minimum absolute atomic E-state index is 0.721. The van der Waals surface area contributed by atoms with Crippen LogP contribution in [0.4, 0.5) is 0 Å². The number of benzene rings is 1. The predicted octanol–water partition coefficient (Wildman–Crippen LogP) is 1.80. The van der Waals surface area contributed by atoms with Gasteiger partial charge in [0.1, 0.15) is 0 Å². The molecule has 2 N–H and O–H groups in total. The maximum atomic E-state index is 5.68. The molecule has 1 aliphatic carbocycles. The lowest BCUT2D eigenvalue weighted by Crippen LogP contribution is -2.29. The molecule has 3 heteroatoms. The molecule has 0 aliphatic heterocycles. The van der Waals surface area contributed by atoms with Gasteiger partial charge in [-0.05, 0) is 36.9 Å². The number of methoxy groups -OCH3 is 1. The third kappa shape index (κ3) is 3.80. The fourth-order valence-corrected chi connectivity index (χ4v) is 2.37. The number of hydrogen-bond donors (Lipinski definition) is 1. The normalized spacial score (nSPS) is 15.3. The number of ether oxygens (including phenoxy) is 1. The van der Waals surface area contributed by atoms with Gasteiger partial charge in [0.2, 0.25) is 0 Å². The number of nitrogens with two attached hydrogens (primary N) is 1. The van der Waals surface area contributed by atoms with E-state index in [1.54, 1.807) is 7.11 Å². The molecule has 1 aliphatic rings. The minimum atomic E-state index is 0.721. The zero-order valence-corrected chi connectivity index (χ0v) is 11.3. The Bertz CT molecular complexity index is 363. The van der Waals surface area contributed by atoms with Crippen LogP contribution in [0.15, 0.2) is 24.3 Å². The monoisotopic (exact) mass is 248 g/mol. The molecular formula is C15H24N2O. The van der Waals surface area contributed by atoms with Gasteiger partial charge >= 0.3 is 0 Å². The van der Waals surface area contributed by atoms with E-state index in [9.17, 15) is 0 Å². The van der Waals surface area contributed by atoms with E-state index in [4.69, 9.17) is 10.5 Å². The van der Waals surface area contributed by atoms with Crippen molar-refractivity contribution >= 4 is 0 Å². The van der Waals surface area contributed by atoms with Gasteiger partial charge in [0.25, 0.3) is 0 Å². The summed E-state index contributed by atoms with van der Waals surface area (Å²) in [6, 6.07) is 9.42. The van der Waals surface area contributed by atoms with Gasteiger partial charge < -0.3 is 10.5 Å². The van der Waals surface area contributed by atoms with E-state index < -0.39 is 0 Å². The highest BCUT2D eigenvalue weighted by atomic mass is 16.5. The first kappa shape index (κ1) is 13.5. The third-order valence-corrected chi connectivity index (χ3v) is 3.55. The highest BCUT2D eigenvalue weighted by Gasteiger charge is 2.28. The van der Waals surface area contributed by atoms with Gasteiger partial charge in [-0.15, -0.1) is 0 Å². The molecule has 0 radical (unpaired) electrons. The van der Waals surface area contributed by atoms with Crippen LogP contribution in [0.1, 0.15) is 24.0 Å². The van der Waals surface area contributed by atoms with Crippen molar-refractivity contribution in [2.45, 2.75) is 31.8 Å². The Balaban J connectivity index is 2.00. The SMILES string of the molecule is COCCN(Cc1ccccc1CCN)C1CC1. The molecule has 0 unspecified atom stereocenters. The van der Waals surface area contributed by atoms with E-state index in [2.05, 4.69) is 29.2 Å². The zero-order valence-electron chi connectivity index (χ0n) is 11.3. The van der Waals surface area contributed by atoms with Gasteiger partial charge in [0, 0.05) is 26.2 Å². The predicted molar refractivity (Wildman–Crippen MR) is 74.5 cm³/mol. The van der Waals surface area contributed by atoms with Crippen LogP contribution in [0.5, 0.6) is 0 Å². The topological polar surface area (TPSA) is 38.5 Å². The summed E-state index contributed by atoms with van der Waals surface area (Å²) in [6.07, 6.45) is 3.64. The van der Waals surface area contributed by atoms with Gasteiger partial charge in [0.05, 0.1) is 6.61 Å². The summed E-state index contributed by atoms with van der Waals surface area (Å²) in [5.74, 6) is 0. The lowest BCUT2D eigenvalue weighted by Gasteiger charge is -2.23. The van der Waals surface area contributed by atoms with Gasteiger partial charge in [-0.25, -0.2) is 0 Å². The van der Waals surface area contributed by atoms with Crippen molar-refractivity contribution in [3.63, 3.8) is 0 Å². The highest BCUT2D eigenvalue weighted by Crippen LogP contribution is 2.28. The van der Waals surface area contributed by atoms with E-state index in [1.807, 2.05) is 0 Å². The third-order valence-electron chi connectivity index (χ3n) is 3.55. The highest BCUT2D eigenvalue weighted by molar-refractivity contribution is 5.27. The summed E-state index contributed by atoms with van der Waals surface area (Å²) in [6.45, 7) is 3.59. The molecule has 0 aromatic heterocycles. The molecule has 2 rings (SSSR count). The second-order valence-electron chi connectivity index (χ2n) is 5.00. The second-order valence-corrected chi connectivity index (χ2v) is 5.00. The van der Waals surface area contributed by atoms with Crippen LogP contribution in [-0.2, 0) is 17.7 Å². The molecule has 0 saturated heterocycles. The molecule has 0 bridgehead atoms. The molecule has 1 aromatic carbocycles. The number of hydrogen-bond acceptors (Lipinski definition) is 3. The Kier molecular flexibility index (Phi) is 5.17. The largest absolute Gasteiger partial charge is 0.383 e.